The van der Waals surface area contributed by atoms with Crippen LogP contribution >= 0.6 is 12.4 Å². The minimum atomic E-state index is -0.383. The van der Waals surface area contributed by atoms with Crippen molar-refractivity contribution in [3.8, 4) is 11.5 Å². The lowest BCUT2D eigenvalue weighted by Gasteiger charge is -2.43. The molecule has 0 bridgehead atoms. The summed E-state index contributed by atoms with van der Waals surface area (Å²) in [5.74, 6) is 0.127. The van der Waals surface area contributed by atoms with E-state index in [1.165, 1.54) is 6.07 Å². The van der Waals surface area contributed by atoms with Crippen LogP contribution in [-0.4, -0.2) is 53.0 Å². The molecular weight excluding hydrogens is 292 g/mol. The topological polar surface area (TPSA) is 76.0 Å². The number of rotatable bonds is 4. The molecule has 0 spiro atoms. The normalized spacial score (nSPS) is 18.0. The zero-order valence-corrected chi connectivity index (χ0v) is 13.4. The van der Waals surface area contributed by atoms with Crippen LogP contribution in [0.2, 0.25) is 0 Å². The van der Waals surface area contributed by atoms with Crippen LogP contribution in [0.1, 0.15) is 25.5 Å². The summed E-state index contributed by atoms with van der Waals surface area (Å²) < 4.78 is 0. The molecule has 6 heteroatoms. The summed E-state index contributed by atoms with van der Waals surface area (Å²) >= 11 is 0. The monoisotopic (exact) mass is 316 g/mol. The summed E-state index contributed by atoms with van der Waals surface area (Å²) in [6.07, 6.45) is 0. The largest absolute Gasteiger partial charge is 0.508 e. The van der Waals surface area contributed by atoms with Crippen molar-refractivity contribution in [1.29, 1.82) is 0 Å². The molecular formula is C15H25ClN2O3. The molecule has 2 rings (SSSR count). The van der Waals surface area contributed by atoms with Crippen LogP contribution in [0.4, 0.5) is 0 Å². The molecule has 0 amide bonds. The highest BCUT2D eigenvalue weighted by atomic mass is 35.5. The minimum Gasteiger partial charge on any atom is -0.508 e. The third kappa shape index (κ3) is 4.01. The molecule has 0 saturated carbocycles. The van der Waals surface area contributed by atoms with Crippen LogP contribution < -0.4 is 5.32 Å². The number of nitrogens with zero attached hydrogens (tertiary/aromatic N) is 1. The van der Waals surface area contributed by atoms with E-state index in [1.54, 1.807) is 12.1 Å². The maximum absolute atomic E-state index is 10.2. The van der Waals surface area contributed by atoms with Gasteiger partial charge < -0.3 is 20.6 Å². The van der Waals surface area contributed by atoms with Crippen LogP contribution in [-0.2, 0) is 0 Å². The second kappa shape index (κ2) is 7.31. The molecule has 0 unspecified atom stereocenters. The van der Waals surface area contributed by atoms with E-state index in [9.17, 15) is 15.3 Å². The van der Waals surface area contributed by atoms with E-state index in [0.717, 1.165) is 31.7 Å². The number of halogens is 1. The van der Waals surface area contributed by atoms with Gasteiger partial charge in [-0.1, -0.05) is 19.9 Å². The number of benzene rings is 1. The van der Waals surface area contributed by atoms with Gasteiger partial charge in [0.25, 0.3) is 0 Å². The second-order valence-electron chi connectivity index (χ2n) is 6.08. The highest BCUT2D eigenvalue weighted by molar-refractivity contribution is 5.85. The molecule has 1 aliphatic rings. The average Bonchev–Trinajstić information content (AvgIpc) is 2.43. The van der Waals surface area contributed by atoms with Crippen molar-refractivity contribution in [2.45, 2.75) is 19.9 Å². The third-order valence-corrected chi connectivity index (χ3v) is 3.97. The number of hydrogen-bond donors (Lipinski definition) is 4. The molecule has 5 nitrogen and oxygen atoms in total. The van der Waals surface area contributed by atoms with E-state index in [-0.39, 0.29) is 42.0 Å². The van der Waals surface area contributed by atoms with Gasteiger partial charge in [-0.3, -0.25) is 4.90 Å². The summed E-state index contributed by atoms with van der Waals surface area (Å²) in [6, 6.07) is 4.60. The molecule has 4 N–H and O–H groups in total. The molecule has 0 aliphatic carbocycles. The van der Waals surface area contributed by atoms with Gasteiger partial charge in [0.1, 0.15) is 11.5 Å². The number of aromatic hydroxyl groups is 2. The Labute approximate surface area is 132 Å². The Morgan fingerprint density at radius 1 is 1.24 bits per heavy atom. The number of aliphatic hydroxyl groups is 1. The lowest BCUT2D eigenvalue weighted by molar-refractivity contribution is 0.0293. The number of aliphatic hydroxyl groups excluding tert-OH is 1. The van der Waals surface area contributed by atoms with Crippen molar-refractivity contribution < 1.29 is 15.3 Å². The zero-order valence-electron chi connectivity index (χ0n) is 12.5. The number of piperazine rings is 1. The van der Waals surface area contributed by atoms with Crippen LogP contribution in [0.15, 0.2) is 18.2 Å². The molecule has 1 atom stereocenters. The number of hydrogen-bond acceptors (Lipinski definition) is 5. The zero-order chi connectivity index (χ0) is 14.8. The first-order valence-electron chi connectivity index (χ1n) is 7.03. The smallest absolute Gasteiger partial charge is 0.124 e. The summed E-state index contributed by atoms with van der Waals surface area (Å²) in [5.41, 5.74) is 0.370. The maximum atomic E-state index is 10.2. The van der Waals surface area contributed by atoms with Crippen molar-refractivity contribution in [2.24, 2.45) is 5.41 Å². The standard InChI is InChI=1S/C15H24N2O3.ClH/c1-15(2,10-18)14(17-7-5-16-6-8-17)12-4-3-11(19)9-13(12)20;/h3-4,9,14,16,18-20H,5-8,10H2,1-2H3;1H/t14-;/m0./s1. The Balaban J connectivity index is 0.00000220. The van der Waals surface area contributed by atoms with Crippen molar-refractivity contribution in [3.63, 3.8) is 0 Å². The Bertz CT molecular complexity index is 462. The Morgan fingerprint density at radius 3 is 2.38 bits per heavy atom. The second-order valence-corrected chi connectivity index (χ2v) is 6.08. The van der Waals surface area contributed by atoms with E-state index < -0.39 is 0 Å². The molecule has 1 aromatic rings. The molecule has 1 aromatic carbocycles. The maximum Gasteiger partial charge on any atom is 0.124 e. The Kier molecular flexibility index (Phi) is 6.28. The SMILES string of the molecule is CC(C)(CO)[C@H](c1ccc(O)cc1O)N1CCNCC1.Cl. The third-order valence-electron chi connectivity index (χ3n) is 3.97. The highest BCUT2D eigenvalue weighted by Crippen LogP contribution is 2.42. The summed E-state index contributed by atoms with van der Waals surface area (Å²) in [7, 11) is 0. The van der Waals surface area contributed by atoms with Gasteiger partial charge in [-0.05, 0) is 6.07 Å². The fraction of sp³-hybridized carbons (Fsp3) is 0.600. The molecule has 0 radical (unpaired) electrons. The molecule has 1 heterocycles. The van der Waals surface area contributed by atoms with Gasteiger partial charge in [-0.25, -0.2) is 0 Å². The first kappa shape index (κ1) is 18.0. The molecule has 1 fully saturated rings. The van der Waals surface area contributed by atoms with Gasteiger partial charge in [-0.2, -0.15) is 0 Å². The molecule has 120 valence electrons. The van der Waals surface area contributed by atoms with E-state index in [4.69, 9.17) is 0 Å². The van der Waals surface area contributed by atoms with E-state index in [2.05, 4.69) is 10.2 Å². The van der Waals surface area contributed by atoms with Gasteiger partial charge in [-0.15, -0.1) is 12.4 Å². The predicted molar refractivity (Wildman–Crippen MR) is 85.1 cm³/mol. The van der Waals surface area contributed by atoms with E-state index in [1.807, 2.05) is 13.8 Å². The van der Waals surface area contributed by atoms with Gasteiger partial charge >= 0.3 is 0 Å². The van der Waals surface area contributed by atoms with Gasteiger partial charge in [0.2, 0.25) is 0 Å². The first-order valence-corrected chi connectivity index (χ1v) is 7.03. The molecule has 1 saturated heterocycles. The van der Waals surface area contributed by atoms with Crippen LogP contribution in [0.25, 0.3) is 0 Å². The fourth-order valence-corrected chi connectivity index (χ4v) is 2.90. The Morgan fingerprint density at radius 2 is 1.86 bits per heavy atom. The first-order chi connectivity index (χ1) is 9.45. The van der Waals surface area contributed by atoms with Crippen LogP contribution in [0.5, 0.6) is 11.5 Å². The predicted octanol–water partition coefficient (Wildman–Crippen LogP) is 1.48. The Hall–Kier alpha value is -1.01. The van der Waals surface area contributed by atoms with Gasteiger partial charge in [0.05, 0.1) is 0 Å². The number of nitrogens with one attached hydrogen (secondary N) is 1. The highest BCUT2D eigenvalue weighted by Gasteiger charge is 2.37. The number of phenolic OH excluding ortho intramolecular Hbond substituents is 2. The molecule has 21 heavy (non-hydrogen) atoms. The molecule has 0 aromatic heterocycles. The van der Waals surface area contributed by atoms with Crippen molar-refractivity contribution in [2.75, 3.05) is 32.8 Å². The molecule has 1 aliphatic heterocycles. The van der Waals surface area contributed by atoms with Gasteiger partial charge in [0.15, 0.2) is 0 Å². The minimum absolute atomic E-state index is 0. The van der Waals surface area contributed by atoms with Crippen LogP contribution in [0.3, 0.4) is 0 Å². The van der Waals surface area contributed by atoms with Crippen molar-refractivity contribution in [3.05, 3.63) is 23.8 Å². The van der Waals surface area contributed by atoms with Crippen LogP contribution in [0, 0.1) is 5.41 Å². The summed E-state index contributed by atoms with van der Waals surface area (Å²) in [6.45, 7) is 7.55. The number of phenols is 2. The fourth-order valence-electron chi connectivity index (χ4n) is 2.90. The van der Waals surface area contributed by atoms with Crippen molar-refractivity contribution >= 4 is 12.4 Å². The lowest BCUT2D eigenvalue weighted by Crippen LogP contribution is -2.49. The van der Waals surface area contributed by atoms with Crippen molar-refractivity contribution in [1.82, 2.24) is 10.2 Å². The van der Waals surface area contributed by atoms with E-state index in [0.29, 0.717) is 0 Å². The van der Waals surface area contributed by atoms with E-state index >= 15 is 0 Å². The van der Waals surface area contributed by atoms with Gasteiger partial charge in [0, 0.05) is 55.9 Å². The summed E-state index contributed by atoms with van der Waals surface area (Å²) in [4.78, 5) is 2.28. The average molecular weight is 317 g/mol. The quantitative estimate of drug-likeness (QED) is 0.677. The summed E-state index contributed by atoms with van der Waals surface area (Å²) in [5, 5.41) is 32.7. The lowest BCUT2D eigenvalue weighted by atomic mass is 9.79.